The van der Waals surface area contributed by atoms with E-state index in [-0.39, 0.29) is 0 Å². The average Bonchev–Trinajstić information content (AvgIpc) is 2.46. The molecule has 0 aliphatic rings. The van der Waals surface area contributed by atoms with Crippen molar-refractivity contribution in [2.75, 3.05) is 0 Å². The van der Waals surface area contributed by atoms with Crippen LogP contribution in [0.15, 0.2) is 29.8 Å². The van der Waals surface area contributed by atoms with E-state index >= 15 is 0 Å². The predicted molar refractivity (Wildman–Crippen MR) is 90.6 cm³/mol. The molecule has 0 aromatic heterocycles. The molecule has 0 bridgehead atoms. The average molecular weight is 318 g/mol. The van der Waals surface area contributed by atoms with E-state index in [4.69, 9.17) is 9.47 Å². The van der Waals surface area contributed by atoms with Gasteiger partial charge in [0.1, 0.15) is 0 Å². The van der Waals surface area contributed by atoms with E-state index in [2.05, 4.69) is 19.1 Å². The summed E-state index contributed by atoms with van der Waals surface area (Å²) in [7, 11) is 0. The van der Waals surface area contributed by atoms with Gasteiger partial charge >= 0.3 is 11.9 Å². The summed E-state index contributed by atoms with van der Waals surface area (Å²) >= 11 is 0. The van der Waals surface area contributed by atoms with Crippen molar-refractivity contribution < 1.29 is 19.1 Å². The highest BCUT2D eigenvalue weighted by Gasteiger charge is 2.20. The van der Waals surface area contributed by atoms with Crippen LogP contribution in [0.1, 0.15) is 58.1 Å². The fraction of sp³-hybridized carbons (Fsp3) is 0.474. The largest absolute Gasteiger partial charge is 0.421 e. The molecule has 0 N–H and O–H groups in total. The van der Waals surface area contributed by atoms with Crippen molar-refractivity contribution in [2.24, 2.45) is 0 Å². The van der Waals surface area contributed by atoms with Crippen LogP contribution in [0.4, 0.5) is 0 Å². The minimum Gasteiger partial charge on any atom is -0.421 e. The second-order valence-corrected chi connectivity index (χ2v) is 5.52. The van der Waals surface area contributed by atoms with Crippen LogP contribution in [0, 0.1) is 0 Å². The van der Waals surface area contributed by atoms with Crippen LogP contribution < -0.4 is 0 Å². The SMILES string of the molecule is CCCC(=Cc1cccc(CCC)c1)C(OC(C)=O)OC(C)=O. The highest BCUT2D eigenvalue weighted by Crippen LogP contribution is 2.20. The van der Waals surface area contributed by atoms with Gasteiger partial charge in [-0.3, -0.25) is 9.59 Å². The number of carbonyl (C=O) groups excluding carboxylic acids is 2. The summed E-state index contributed by atoms with van der Waals surface area (Å²) in [6.07, 6.45) is 4.63. The Hall–Kier alpha value is -2.10. The first-order chi connectivity index (χ1) is 11.0. The third-order valence-electron chi connectivity index (χ3n) is 3.23. The first-order valence-electron chi connectivity index (χ1n) is 8.10. The smallest absolute Gasteiger partial charge is 0.305 e. The summed E-state index contributed by atoms with van der Waals surface area (Å²) in [6.45, 7) is 6.78. The lowest BCUT2D eigenvalue weighted by molar-refractivity contribution is -0.178. The molecule has 0 spiro atoms. The van der Waals surface area contributed by atoms with E-state index in [0.717, 1.165) is 30.4 Å². The third-order valence-corrected chi connectivity index (χ3v) is 3.23. The van der Waals surface area contributed by atoms with Crippen LogP contribution >= 0.6 is 0 Å². The maximum absolute atomic E-state index is 11.3. The molecule has 0 saturated carbocycles. The van der Waals surface area contributed by atoms with Gasteiger partial charge in [-0.25, -0.2) is 0 Å². The minimum atomic E-state index is -0.959. The molecule has 0 fully saturated rings. The molecule has 0 radical (unpaired) electrons. The highest BCUT2D eigenvalue weighted by molar-refractivity contribution is 5.69. The fourth-order valence-electron chi connectivity index (χ4n) is 2.36. The molecule has 1 rings (SSSR count). The molecule has 4 heteroatoms. The molecule has 0 amide bonds. The number of carbonyl (C=O) groups is 2. The molecule has 0 unspecified atom stereocenters. The lowest BCUT2D eigenvalue weighted by Crippen LogP contribution is -2.24. The van der Waals surface area contributed by atoms with Gasteiger partial charge in [0.15, 0.2) is 0 Å². The first-order valence-corrected chi connectivity index (χ1v) is 8.10. The lowest BCUT2D eigenvalue weighted by Gasteiger charge is -2.20. The summed E-state index contributed by atoms with van der Waals surface area (Å²) in [5.41, 5.74) is 3.06. The van der Waals surface area contributed by atoms with Crippen molar-refractivity contribution in [3.05, 3.63) is 41.0 Å². The monoisotopic (exact) mass is 318 g/mol. The molecular weight excluding hydrogens is 292 g/mol. The van der Waals surface area contributed by atoms with E-state index in [1.54, 1.807) is 0 Å². The molecule has 0 heterocycles. The topological polar surface area (TPSA) is 52.6 Å². The van der Waals surface area contributed by atoms with Crippen molar-refractivity contribution in [3.63, 3.8) is 0 Å². The molecule has 0 aliphatic heterocycles. The summed E-state index contributed by atoms with van der Waals surface area (Å²) in [4.78, 5) is 22.6. The van der Waals surface area contributed by atoms with Gasteiger partial charge in [-0.05, 0) is 30.0 Å². The predicted octanol–water partition coefficient (Wildman–Crippen LogP) is 4.27. The maximum atomic E-state index is 11.3. The summed E-state index contributed by atoms with van der Waals surface area (Å²) in [6, 6.07) is 8.20. The number of ether oxygens (including phenoxy) is 2. The van der Waals surface area contributed by atoms with Crippen molar-refractivity contribution in [2.45, 2.75) is 59.7 Å². The number of hydrogen-bond acceptors (Lipinski definition) is 4. The number of rotatable bonds is 8. The van der Waals surface area contributed by atoms with Crippen LogP contribution in [0.5, 0.6) is 0 Å². The zero-order chi connectivity index (χ0) is 17.2. The van der Waals surface area contributed by atoms with Crippen molar-refractivity contribution in [3.8, 4) is 0 Å². The van der Waals surface area contributed by atoms with E-state index in [1.165, 1.54) is 19.4 Å². The van der Waals surface area contributed by atoms with E-state index < -0.39 is 18.2 Å². The Bertz CT molecular complexity index is 544. The number of hydrogen-bond donors (Lipinski definition) is 0. The first kappa shape index (κ1) is 18.9. The Morgan fingerprint density at radius 3 is 2.26 bits per heavy atom. The molecule has 1 aromatic carbocycles. The van der Waals surface area contributed by atoms with Crippen LogP contribution in [-0.2, 0) is 25.5 Å². The zero-order valence-electron chi connectivity index (χ0n) is 14.4. The maximum Gasteiger partial charge on any atom is 0.305 e. The quantitative estimate of drug-likeness (QED) is 0.530. The lowest BCUT2D eigenvalue weighted by atomic mass is 10.0. The fourth-order valence-corrected chi connectivity index (χ4v) is 2.36. The van der Waals surface area contributed by atoms with Gasteiger partial charge in [-0.15, -0.1) is 0 Å². The van der Waals surface area contributed by atoms with Crippen LogP contribution in [0.25, 0.3) is 6.08 Å². The summed E-state index contributed by atoms with van der Waals surface area (Å²) < 4.78 is 10.4. The molecule has 4 nitrogen and oxygen atoms in total. The molecule has 0 saturated heterocycles. The molecule has 23 heavy (non-hydrogen) atoms. The second kappa shape index (κ2) is 9.82. The number of benzene rings is 1. The Kier molecular flexibility index (Phi) is 8.09. The summed E-state index contributed by atoms with van der Waals surface area (Å²) in [5.74, 6) is -0.948. The Morgan fingerprint density at radius 1 is 1.09 bits per heavy atom. The van der Waals surface area contributed by atoms with E-state index in [0.29, 0.717) is 6.42 Å². The summed E-state index contributed by atoms with van der Waals surface area (Å²) in [5, 5.41) is 0. The minimum absolute atomic E-state index is 0.474. The Balaban J connectivity index is 3.11. The van der Waals surface area contributed by atoms with E-state index in [1.807, 2.05) is 25.1 Å². The second-order valence-electron chi connectivity index (χ2n) is 5.52. The van der Waals surface area contributed by atoms with Crippen LogP contribution in [0.3, 0.4) is 0 Å². The zero-order valence-corrected chi connectivity index (χ0v) is 14.4. The van der Waals surface area contributed by atoms with Crippen molar-refractivity contribution in [1.82, 2.24) is 0 Å². The molecular formula is C19H26O4. The van der Waals surface area contributed by atoms with Gasteiger partial charge < -0.3 is 9.47 Å². The van der Waals surface area contributed by atoms with Crippen molar-refractivity contribution >= 4 is 18.0 Å². The molecule has 0 atom stereocenters. The molecule has 1 aromatic rings. The van der Waals surface area contributed by atoms with Crippen LogP contribution in [-0.4, -0.2) is 18.2 Å². The van der Waals surface area contributed by atoms with Gasteiger partial charge in [-0.1, -0.05) is 51.0 Å². The third kappa shape index (κ3) is 7.13. The molecule has 0 aliphatic carbocycles. The normalized spacial score (nSPS) is 11.4. The van der Waals surface area contributed by atoms with Gasteiger partial charge in [0.2, 0.25) is 0 Å². The van der Waals surface area contributed by atoms with Crippen molar-refractivity contribution in [1.29, 1.82) is 0 Å². The number of esters is 2. The number of aryl methyl sites for hydroxylation is 1. The highest BCUT2D eigenvalue weighted by atomic mass is 16.7. The Labute approximate surface area is 138 Å². The van der Waals surface area contributed by atoms with Crippen LogP contribution in [0.2, 0.25) is 0 Å². The Morgan fingerprint density at radius 2 is 1.74 bits per heavy atom. The molecule has 126 valence electrons. The van der Waals surface area contributed by atoms with Gasteiger partial charge in [0.05, 0.1) is 0 Å². The van der Waals surface area contributed by atoms with Gasteiger partial charge in [-0.2, -0.15) is 0 Å². The van der Waals surface area contributed by atoms with Gasteiger partial charge in [0, 0.05) is 19.4 Å². The van der Waals surface area contributed by atoms with E-state index in [9.17, 15) is 9.59 Å². The van der Waals surface area contributed by atoms with Gasteiger partial charge in [0.25, 0.3) is 6.29 Å². The standard InChI is InChI=1S/C19H26O4/c1-5-8-16-10-7-11-17(12-16)13-18(9-6-2)19(22-14(3)20)23-15(4)21/h7,10-13,19H,5-6,8-9H2,1-4H3.